The molecule has 0 aliphatic carbocycles. The lowest BCUT2D eigenvalue weighted by Gasteiger charge is -2.12. The predicted molar refractivity (Wildman–Crippen MR) is 120 cm³/mol. The summed E-state index contributed by atoms with van der Waals surface area (Å²) in [7, 11) is 0. The number of hydrogen-bond donors (Lipinski definition) is 1. The first-order valence-electron chi connectivity index (χ1n) is 10.5. The van der Waals surface area contributed by atoms with Crippen molar-refractivity contribution >= 4 is 17.6 Å². The minimum absolute atomic E-state index is 0.00585. The zero-order valence-corrected chi connectivity index (χ0v) is 18.6. The van der Waals surface area contributed by atoms with Gasteiger partial charge in [0.05, 0.1) is 24.2 Å². The van der Waals surface area contributed by atoms with E-state index >= 15 is 0 Å². The Morgan fingerprint density at radius 2 is 1.68 bits per heavy atom. The van der Waals surface area contributed by atoms with Gasteiger partial charge in [-0.25, -0.2) is 4.98 Å². The maximum Gasteiger partial charge on any atom is 0.416 e. The molecule has 0 aliphatic heterocycles. The van der Waals surface area contributed by atoms with Crippen LogP contribution in [0.2, 0.25) is 0 Å². The Labute approximate surface area is 194 Å². The fourth-order valence-electron chi connectivity index (χ4n) is 3.09. The Hall–Kier alpha value is -3.88. The van der Waals surface area contributed by atoms with E-state index in [0.29, 0.717) is 12.4 Å². The van der Waals surface area contributed by atoms with Gasteiger partial charge in [0, 0.05) is 18.0 Å². The summed E-state index contributed by atoms with van der Waals surface area (Å²) in [5.41, 5.74) is 0.616. The Morgan fingerprint density at radius 3 is 2.24 bits per heavy atom. The number of rotatable bonds is 8. The first kappa shape index (κ1) is 24.8. The van der Waals surface area contributed by atoms with Crippen LogP contribution in [-0.2, 0) is 15.7 Å². The molecule has 34 heavy (non-hydrogen) atoms. The van der Waals surface area contributed by atoms with Crippen molar-refractivity contribution in [1.29, 1.82) is 0 Å². The van der Waals surface area contributed by atoms with Crippen LogP contribution in [0.1, 0.15) is 47.7 Å². The van der Waals surface area contributed by atoms with Gasteiger partial charge in [0.25, 0.3) is 5.91 Å². The molecule has 1 heterocycles. The molecule has 1 unspecified atom stereocenters. The summed E-state index contributed by atoms with van der Waals surface area (Å²) in [6.07, 6.45) is -2.85. The van der Waals surface area contributed by atoms with Gasteiger partial charge in [-0.05, 0) is 60.9 Å². The molecule has 6 nitrogen and oxygen atoms in total. The summed E-state index contributed by atoms with van der Waals surface area (Å²) in [6.45, 7) is 4.05. The van der Waals surface area contributed by atoms with Crippen LogP contribution in [0.15, 0.2) is 66.9 Å². The van der Waals surface area contributed by atoms with E-state index in [0.717, 1.165) is 17.7 Å². The zero-order valence-electron chi connectivity index (χ0n) is 18.6. The SMILES string of the molecule is CCOC(=O)CC(C)c1ccc(Oc2ccc(C(=O)Nc3ccc(C(F)(F)F)cc3)cn2)cc1. The van der Waals surface area contributed by atoms with Crippen molar-refractivity contribution in [3.05, 3.63) is 83.6 Å². The molecule has 3 rings (SSSR count). The molecule has 0 radical (unpaired) electrons. The number of esters is 1. The fourth-order valence-corrected chi connectivity index (χ4v) is 3.09. The smallest absolute Gasteiger partial charge is 0.416 e. The standard InChI is InChI=1S/C25H23F3N2O4/c1-3-33-23(31)14-16(2)17-4-11-21(12-5-17)34-22-13-6-18(15-29-22)24(32)30-20-9-7-19(8-10-20)25(26,27)28/h4-13,15-16H,3,14H2,1-2H3,(H,30,32). The number of ether oxygens (including phenoxy) is 2. The van der Waals surface area contributed by atoms with E-state index < -0.39 is 17.6 Å². The third-order valence-electron chi connectivity index (χ3n) is 4.92. The lowest BCUT2D eigenvalue weighted by atomic mass is 9.98. The van der Waals surface area contributed by atoms with Crippen LogP contribution >= 0.6 is 0 Å². The van der Waals surface area contributed by atoms with Crippen molar-refractivity contribution in [2.45, 2.75) is 32.4 Å². The molecule has 0 bridgehead atoms. The maximum atomic E-state index is 12.6. The third-order valence-corrected chi connectivity index (χ3v) is 4.92. The van der Waals surface area contributed by atoms with Gasteiger partial charge in [-0.2, -0.15) is 13.2 Å². The number of amides is 1. The minimum atomic E-state index is -4.44. The van der Waals surface area contributed by atoms with Crippen molar-refractivity contribution in [2.24, 2.45) is 0 Å². The van der Waals surface area contributed by atoms with Crippen LogP contribution in [-0.4, -0.2) is 23.5 Å². The summed E-state index contributed by atoms with van der Waals surface area (Å²) >= 11 is 0. The number of benzene rings is 2. The Kier molecular flexibility index (Phi) is 7.88. The number of carbonyl (C=O) groups is 2. The van der Waals surface area contributed by atoms with E-state index in [-0.39, 0.29) is 35.4 Å². The number of nitrogens with zero attached hydrogens (tertiary/aromatic N) is 1. The van der Waals surface area contributed by atoms with Crippen molar-refractivity contribution in [3.8, 4) is 11.6 Å². The Morgan fingerprint density at radius 1 is 1.00 bits per heavy atom. The molecule has 1 amide bonds. The van der Waals surface area contributed by atoms with Crippen LogP contribution in [0, 0.1) is 0 Å². The number of alkyl halides is 3. The largest absolute Gasteiger partial charge is 0.466 e. The molecule has 1 atom stereocenters. The average Bonchev–Trinajstić information content (AvgIpc) is 2.80. The lowest BCUT2D eigenvalue weighted by molar-refractivity contribution is -0.143. The van der Waals surface area contributed by atoms with Crippen LogP contribution in [0.5, 0.6) is 11.6 Å². The van der Waals surface area contributed by atoms with E-state index in [1.165, 1.54) is 30.5 Å². The molecule has 1 aromatic heterocycles. The van der Waals surface area contributed by atoms with Gasteiger partial charge in [0.15, 0.2) is 0 Å². The van der Waals surface area contributed by atoms with E-state index in [9.17, 15) is 22.8 Å². The highest BCUT2D eigenvalue weighted by Gasteiger charge is 2.30. The van der Waals surface area contributed by atoms with Crippen molar-refractivity contribution in [1.82, 2.24) is 4.98 Å². The predicted octanol–water partition coefficient (Wildman–Crippen LogP) is 6.20. The van der Waals surface area contributed by atoms with Crippen molar-refractivity contribution in [3.63, 3.8) is 0 Å². The monoisotopic (exact) mass is 472 g/mol. The first-order valence-corrected chi connectivity index (χ1v) is 10.5. The molecular formula is C25H23F3N2O4. The summed E-state index contributed by atoms with van der Waals surface area (Å²) in [4.78, 5) is 28.1. The number of carbonyl (C=O) groups excluding carboxylic acids is 2. The van der Waals surface area contributed by atoms with Gasteiger partial charge >= 0.3 is 12.1 Å². The van der Waals surface area contributed by atoms with Gasteiger partial charge in [0.2, 0.25) is 5.88 Å². The molecule has 0 aliphatic rings. The third kappa shape index (κ3) is 6.81. The van der Waals surface area contributed by atoms with Gasteiger partial charge in [-0.3, -0.25) is 9.59 Å². The highest BCUT2D eigenvalue weighted by molar-refractivity contribution is 6.04. The second-order valence-electron chi connectivity index (χ2n) is 7.50. The van der Waals surface area contributed by atoms with Crippen molar-refractivity contribution in [2.75, 3.05) is 11.9 Å². The minimum Gasteiger partial charge on any atom is -0.466 e. The number of nitrogens with one attached hydrogen (secondary N) is 1. The molecular weight excluding hydrogens is 449 g/mol. The second-order valence-corrected chi connectivity index (χ2v) is 7.50. The Bertz CT molecular complexity index is 1110. The van der Waals surface area contributed by atoms with Gasteiger partial charge < -0.3 is 14.8 Å². The number of hydrogen-bond acceptors (Lipinski definition) is 5. The average molecular weight is 472 g/mol. The quantitative estimate of drug-likeness (QED) is 0.395. The fraction of sp³-hybridized carbons (Fsp3) is 0.240. The molecule has 3 aromatic rings. The molecule has 0 saturated carbocycles. The van der Waals surface area contributed by atoms with Crippen LogP contribution in [0.25, 0.3) is 0 Å². The zero-order chi connectivity index (χ0) is 24.7. The number of pyridine rings is 1. The summed E-state index contributed by atoms with van der Waals surface area (Å²) in [5, 5.41) is 2.52. The lowest BCUT2D eigenvalue weighted by Crippen LogP contribution is -2.12. The molecule has 9 heteroatoms. The molecule has 2 aromatic carbocycles. The van der Waals surface area contributed by atoms with E-state index in [2.05, 4.69) is 10.3 Å². The highest BCUT2D eigenvalue weighted by Crippen LogP contribution is 2.30. The van der Waals surface area contributed by atoms with Gasteiger partial charge in [-0.1, -0.05) is 19.1 Å². The maximum absolute atomic E-state index is 12.6. The number of anilines is 1. The van der Waals surface area contributed by atoms with Crippen LogP contribution < -0.4 is 10.1 Å². The van der Waals surface area contributed by atoms with Gasteiger partial charge in [-0.15, -0.1) is 0 Å². The first-order chi connectivity index (χ1) is 16.2. The topological polar surface area (TPSA) is 77.5 Å². The molecule has 1 N–H and O–H groups in total. The number of halogens is 3. The molecule has 0 fully saturated rings. The van der Waals surface area contributed by atoms with Crippen LogP contribution in [0.3, 0.4) is 0 Å². The van der Waals surface area contributed by atoms with E-state index in [1.54, 1.807) is 19.1 Å². The van der Waals surface area contributed by atoms with Crippen LogP contribution in [0.4, 0.5) is 18.9 Å². The molecule has 0 saturated heterocycles. The summed E-state index contributed by atoms with van der Waals surface area (Å²) in [6, 6.07) is 14.4. The number of aromatic nitrogens is 1. The second kappa shape index (κ2) is 10.8. The Balaban J connectivity index is 1.57. The summed E-state index contributed by atoms with van der Waals surface area (Å²) < 4.78 is 48.6. The molecule has 0 spiro atoms. The van der Waals surface area contributed by atoms with Gasteiger partial charge in [0.1, 0.15) is 5.75 Å². The van der Waals surface area contributed by atoms with Crippen molar-refractivity contribution < 1.29 is 32.2 Å². The summed E-state index contributed by atoms with van der Waals surface area (Å²) in [5.74, 6) is 0.0225. The normalized spacial score (nSPS) is 12.0. The van der Waals surface area contributed by atoms with E-state index in [1.807, 2.05) is 19.1 Å². The molecule has 178 valence electrons. The highest BCUT2D eigenvalue weighted by atomic mass is 19.4. The van der Waals surface area contributed by atoms with E-state index in [4.69, 9.17) is 9.47 Å².